The first kappa shape index (κ1) is 20.0. The molecule has 2 aromatic heterocycles. The van der Waals surface area contributed by atoms with Crippen molar-refractivity contribution in [3.8, 4) is 11.3 Å². The lowest BCUT2D eigenvalue weighted by molar-refractivity contribution is 0.152. The first-order valence-electron chi connectivity index (χ1n) is 8.44. The molecular formula is C18H17N5O5S. The number of furan rings is 1. The Morgan fingerprint density at radius 2 is 1.90 bits per heavy atom. The van der Waals surface area contributed by atoms with Crippen LogP contribution in [0.4, 0.5) is 10.7 Å². The summed E-state index contributed by atoms with van der Waals surface area (Å²) in [5.41, 5.74) is 2.85. The third kappa shape index (κ3) is 5.39. The molecule has 11 heteroatoms. The van der Waals surface area contributed by atoms with Crippen LogP contribution in [0.25, 0.3) is 11.3 Å². The number of rotatable bonds is 7. The van der Waals surface area contributed by atoms with Gasteiger partial charge in [0.1, 0.15) is 11.5 Å². The second kappa shape index (κ2) is 8.97. The van der Waals surface area contributed by atoms with E-state index in [1.165, 1.54) is 30.7 Å². The van der Waals surface area contributed by atoms with E-state index in [1.807, 2.05) is 0 Å². The summed E-state index contributed by atoms with van der Waals surface area (Å²) in [7, 11) is -3.81. The number of nitrogens with one attached hydrogen (secondary N) is 2. The maximum atomic E-state index is 12.4. The van der Waals surface area contributed by atoms with Crippen LogP contribution in [-0.4, -0.2) is 37.3 Å². The molecule has 2 N–H and O–H groups in total. The molecule has 0 saturated carbocycles. The van der Waals surface area contributed by atoms with Crippen LogP contribution in [0, 0.1) is 0 Å². The van der Waals surface area contributed by atoms with E-state index in [-0.39, 0.29) is 17.5 Å². The zero-order valence-corrected chi connectivity index (χ0v) is 16.1. The van der Waals surface area contributed by atoms with E-state index in [9.17, 15) is 13.2 Å². The van der Waals surface area contributed by atoms with Crippen LogP contribution in [0.1, 0.15) is 12.7 Å². The van der Waals surface area contributed by atoms with Crippen molar-refractivity contribution < 1.29 is 22.4 Å². The van der Waals surface area contributed by atoms with Crippen LogP contribution in [0.15, 0.2) is 69.3 Å². The van der Waals surface area contributed by atoms with Gasteiger partial charge < -0.3 is 9.15 Å². The monoisotopic (exact) mass is 415 g/mol. The number of amides is 1. The molecule has 150 valence electrons. The van der Waals surface area contributed by atoms with Crippen molar-refractivity contribution in [2.45, 2.75) is 11.8 Å². The Labute approximate surface area is 166 Å². The summed E-state index contributed by atoms with van der Waals surface area (Å²) < 4.78 is 37.4. The van der Waals surface area contributed by atoms with Gasteiger partial charge in [0.05, 0.1) is 17.7 Å². The van der Waals surface area contributed by atoms with Crippen molar-refractivity contribution in [3.63, 3.8) is 0 Å². The van der Waals surface area contributed by atoms with Crippen molar-refractivity contribution in [1.29, 1.82) is 0 Å². The van der Waals surface area contributed by atoms with Crippen molar-refractivity contribution in [2.24, 2.45) is 5.10 Å². The lowest BCUT2D eigenvalue weighted by atomic mass is 10.2. The molecule has 0 spiro atoms. The summed E-state index contributed by atoms with van der Waals surface area (Å²) in [4.78, 5) is 18.9. The second-order valence-electron chi connectivity index (χ2n) is 5.49. The zero-order chi connectivity index (χ0) is 20.7. The minimum Gasteiger partial charge on any atom is -0.455 e. The summed E-state index contributed by atoms with van der Waals surface area (Å²) in [5, 5.41) is 3.71. The summed E-state index contributed by atoms with van der Waals surface area (Å²) >= 11 is 0. The molecule has 2 heterocycles. The maximum Gasteiger partial charge on any atom is 0.427 e. The van der Waals surface area contributed by atoms with Gasteiger partial charge >= 0.3 is 6.09 Å². The molecule has 0 atom stereocenters. The van der Waals surface area contributed by atoms with E-state index in [0.29, 0.717) is 17.1 Å². The Kier molecular flexibility index (Phi) is 6.19. The van der Waals surface area contributed by atoms with E-state index in [2.05, 4.69) is 30.0 Å². The third-order valence-corrected chi connectivity index (χ3v) is 4.83. The fraction of sp³-hybridized carbons (Fsp3) is 0.111. The number of hydrogen-bond acceptors (Lipinski definition) is 8. The summed E-state index contributed by atoms with van der Waals surface area (Å²) in [5.74, 6) is 0.894. The molecule has 3 rings (SSSR count). The normalized spacial score (nSPS) is 11.3. The average molecular weight is 415 g/mol. The molecule has 0 saturated heterocycles. The summed E-state index contributed by atoms with van der Waals surface area (Å²) in [6, 6.07) is 11.0. The molecule has 1 aromatic carbocycles. The van der Waals surface area contributed by atoms with Gasteiger partial charge in [-0.05, 0) is 49.4 Å². The number of carbonyl (C=O) groups is 1. The zero-order valence-electron chi connectivity index (χ0n) is 15.3. The van der Waals surface area contributed by atoms with Gasteiger partial charge in [0.25, 0.3) is 10.0 Å². The largest absolute Gasteiger partial charge is 0.455 e. The fourth-order valence-corrected chi connectivity index (χ4v) is 3.18. The van der Waals surface area contributed by atoms with Crippen molar-refractivity contribution in [3.05, 3.63) is 60.6 Å². The van der Waals surface area contributed by atoms with Gasteiger partial charge in [0.15, 0.2) is 0 Å². The quantitative estimate of drug-likeness (QED) is 0.447. The van der Waals surface area contributed by atoms with Gasteiger partial charge in [0, 0.05) is 18.0 Å². The number of hydrogen-bond donors (Lipinski definition) is 2. The van der Waals surface area contributed by atoms with Gasteiger partial charge in [-0.2, -0.15) is 5.10 Å². The number of carbonyl (C=O) groups excluding carboxylic acids is 1. The van der Waals surface area contributed by atoms with E-state index in [0.717, 1.165) is 0 Å². The Balaban J connectivity index is 1.68. The topological polar surface area (TPSA) is 136 Å². The minimum absolute atomic E-state index is 0.0111. The average Bonchev–Trinajstić information content (AvgIpc) is 3.18. The number of ether oxygens (including phenoxy) is 1. The Morgan fingerprint density at radius 3 is 2.59 bits per heavy atom. The van der Waals surface area contributed by atoms with Gasteiger partial charge in [-0.3, -0.25) is 0 Å². The second-order valence-corrected chi connectivity index (χ2v) is 7.18. The lowest BCUT2D eigenvalue weighted by Crippen LogP contribution is -2.18. The van der Waals surface area contributed by atoms with Crippen LogP contribution in [-0.2, 0) is 14.8 Å². The number of aromatic nitrogens is 2. The van der Waals surface area contributed by atoms with E-state index in [4.69, 9.17) is 4.42 Å². The molecule has 0 fully saturated rings. The molecule has 10 nitrogen and oxygen atoms in total. The van der Waals surface area contributed by atoms with Crippen LogP contribution in [0.3, 0.4) is 0 Å². The molecule has 0 radical (unpaired) electrons. The van der Waals surface area contributed by atoms with Crippen LogP contribution in [0.2, 0.25) is 0 Å². The first-order chi connectivity index (χ1) is 14.0. The van der Waals surface area contributed by atoms with Crippen molar-refractivity contribution in [2.75, 3.05) is 11.3 Å². The minimum atomic E-state index is -3.81. The number of anilines is 1. The first-order valence-corrected chi connectivity index (χ1v) is 9.92. The highest BCUT2D eigenvalue weighted by molar-refractivity contribution is 7.92. The Hall–Kier alpha value is -3.73. The molecule has 0 bridgehead atoms. The molecule has 29 heavy (non-hydrogen) atoms. The van der Waals surface area contributed by atoms with Crippen molar-refractivity contribution in [1.82, 2.24) is 15.4 Å². The predicted molar refractivity (Wildman–Crippen MR) is 105 cm³/mol. The highest BCUT2D eigenvalue weighted by Crippen LogP contribution is 2.23. The van der Waals surface area contributed by atoms with Gasteiger partial charge in [-0.15, -0.1) is 0 Å². The lowest BCUT2D eigenvalue weighted by Gasteiger charge is -2.06. The molecule has 0 aliphatic rings. The molecule has 0 aliphatic carbocycles. The number of sulfonamides is 1. The van der Waals surface area contributed by atoms with Crippen LogP contribution >= 0.6 is 0 Å². The number of benzene rings is 1. The standard InChI is InChI=1S/C18H17N5O5S/c1-2-27-18(24)22-21-12-14-6-9-16(28-14)13-4-7-15(8-5-13)29(25,26)23-17-19-10-3-11-20-17/h3-12H,2H2,1H3,(H,22,24)(H,19,20,23). The summed E-state index contributed by atoms with van der Waals surface area (Å²) in [6.45, 7) is 1.93. The van der Waals surface area contributed by atoms with Gasteiger partial charge in [-0.25, -0.2) is 33.3 Å². The SMILES string of the molecule is CCOC(=O)NN=Cc1ccc(-c2ccc(S(=O)(=O)Nc3ncccn3)cc2)o1. The fourth-order valence-electron chi connectivity index (χ4n) is 2.22. The van der Waals surface area contributed by atoms with E-state index in [1.54, 1.807) is 37.3 Å². The van der Waals surface area contributed by atoms with E-state index < -0.39 is 16.1 Å². The molecule has 0 unspecified atom stereocenters. The third-order valence-electron chi connectivity index (χ3n) is 3.49. The molecule has 1 amide bonds. The summed E-state index contributed by atoms with van der Waals surface area (Å²) in [6.07, 6.45) is 3.53. The van der Waals surface area contributed by atoms with Crippen molar-refractivity contribution >= 4 is 28.3 Å². The highest BCUT2D eigenvalue weighted by atomic mass is 32.2. The molecular weight excluding hydrogens is 398 g/mol. The number of nitrogens with zero attached hydrogens (tertiary/aromatic N) is 3. The Morgan fingerprint density at radius 1 is 1.17 bits per heavy atom. The van der Waals surface area contributed by atoms with E-state index >= 15 is 0 Å². The Bertz CT molecular complexity index is 1100. The van der Waals surface area contributed by atoms with Crippen LogP contribution < -0.4 is 10.1 Å². The number of hydrazone groups is 1. The van der Waals surface area contributed by atoms with Gasteiger partial charge in [-0.1, -0.05) is 0 Å². The maximum absolute atomic E-state index is 12.4. The van der Waals surface area contributed by atoms with Gasteiger partial charge in [0.2, 0.25) is 5.95 Å². The van der Waals surface area contributed by atoms with Crippen LogP contribution in [0.5, 0.6) is 0 Å². The molecule has 0 aliphatic heterocycles. The predicted octanol–water partition coefficient (Wildman–Crippen LogP) is 2.62. The molecule has 3 aromatic rings. The smallest absolute Gasteiger partial charge is 0.427 e. The highest BCUT2D eigenvalue weighted by Gasteiger charge is 2.16.